The van der Waals surface area contributed by atoms with Crippen molar-refractivity contribution in [2.24, 2.45) is 0 Å². The van der Waals surface area contributed by atoms with Crippen molar-refractivity contribution in [3.63, 3.8) is 0 Å². The lowest BCUT2D eigenvalue weighted by Crippen LogP contribution is -2.47. The smallest absolute Gasteiger partial charge is 0.0406 e. The topological polar surface area (TPSA) is 6.48 Å². The maximum atomic E-state index is 5.92. The van der Waals surface area contributed by atoms with E-state index in [9.17, 15) is 0 Å². The Bertz CT molecular complexity index is 617. The average Bonchev–Trinajstić information content (AvgIpc) is 2.67. The number of benzene rings is 2. The van der Waals surface area contributed by atoms with E-state index in [0.29, 0.717) is 0 Å². The molecule has 1 saturated heterocycles. The van der Waals surface area contributed by atoms with E-state index < -0.39 is 0 Å². The maximum Gasteiger partial charge on any atom is 0.0406 e. The van der Waals surface area contributed by atoms with Gasteiger partial charge in [-0.05, 0) is 55.0 Å². The van der Waals surface area contributed by atoms with Crippen molar-refractivity contribution < 1.29 is 0 Å². The molecule has 0 bridgehead atoms. The third kappa shape index (κ3) is 9.08. The molecule has 0 amide bonds. The number of thioether (sulfide) groups is 1. The normalized spacial score (nSPS) is 15.0. The summed E-state index contributed by atoms with van der Waals surface area (Å²) in [5.74, 6) is 1.18. The van der Waals surface area contributed by atoms with E-state index in [1.54, 1.807) is 0 Å². The van der Waals surface area contributed by atoms with E-state index in [2.05, 4.69) is 52.3 Å². The first-order chi connectivity index (χ1) is 12.3. The molecule has 2 aromatic rings. The van der Waals surface area contributed by atoms with Gasteiger partial charge < -0.3 is 9.80 Å². The van der Waals surface area contributed by atoms with Crippen LogP contribution in [0.2, 0.25) is 5.02 Å². The molecule has 6 heteroatoms. The lowest BCUT2D eigenvalue weighted by atomic mass is 10.1. The molecule has 3 rings (SSSR count). The van der Waals surface area contributed by atoms with Gasteiger partial charge in [-0.2, -0.15) is 0 Å². The van der Waals surface area contributed by atoms with Crippen LogP contribution in [0.4, 0.5) is 0 Å². The first kappa shape index (κ1) is 24.6. The van der Waals surface area contributed by atoms with Crippen molar-refractivity contribution in [2.45, 2.75) is 17.7 Å². The summed E-state index contributed by atoms with van der Waals surface area (Å²) < 4.78 is 0. The van der Waals surface area contributed by atoms with Crippen LogP contribution in [0.3, 0.4) is 0 Å². The Kier molecular flexibility index (Phi) is 12.5. The summed E-state index contributed by atoms with van der Waals surface area (Å²) in [4.78, 5) is 6.53. The van der Waals surface area contributed by atoms with Crippen LogP contribution in [-0.2, 0) is 6.42 Å². The van der Waals surface area contributed by atoms with E-state index >= 15 is 0 Å². The number of hydrogen-bond donors (Lipinski definition) is 0. The highest BCUT2D eigenvalue weighted by Gasteiger charge is 2.15. The zero-order valence-electron chi connectivity index (χ0n) is 15.6. The second kappa shape index (κ2) is 13.7. The van der Waals surface area contributed by atoms with Crippen molar-refractivity contribution in [3.8, 4) is 0 Å². The lowest BCUT2D eigenvalue weighted by molar-refractivity contribution is 0.134. The number of hydrogen-bond acceptors (Lipinski definition) is 3. The fraction of sp³-hybridized carbons (Fsp3) is 0.429. The van der Waals surface area contributed by atoms with Gasteiger partial charge in [-0.25, -0.2) is 0 Å². The second-order valence-corrected chi connectivity index (χ2v) is 8.18. The minimum absolute atomic E-state index is 0. The van der Waals surface area contributed by atoms with Gasteiger partial charge in [-0.3, -0.25) is 0 Å². The molecule has 0 aromatic heterocycles. The van der Waals surface area contributed by atoms with E-state index in [4.69, 9.17) is 11.6 Å². The molecule has 0 atom stereocenters. The Morgan fingerprint density at radius 2 is 1.37 bits per heavy atom. The summed E-state index contributed by atoms with van der Waals surface area (Å²) in [6.45, 7) is 7.23. The van der Waals surface area contributed by atoms with E-state index in [0.717, 1.165) is 5.02 Å². The van der Waals surface area contributed by atoms with Crippen LogP contribution in [0.15, 0.2) is 59.5 Å². The summed E-state index contributed by atoms with van der Waals surface area (Å²) in [5, 5.41) is 0.814. The molecule has 1 heterocycles. The van der Waals surface area contributed by atoms with Gasteiger partial charge in [0, 0.05) is 42.6 Å². The summed E-state index contributed by atoms with van der Waals surface area (Å²) in [6, 6.07) is 19.0. The van der Waals surface area contributed by atoms with Gasteiger partial charge in [0.1, 0.15) is 0 Å². The number of rotatable bonds is 8. The van der Waals surface area contributed by atoms with Gasteiger partial charge in [0.2, 0.25) is 0 Å². The predicted octanol–water partition coefficient (Wildman–Crippen LogP) is 5.53. The van der Waals surface area contributed by atoms with Crippen LogP contribution in [0, 0.1) is 0 Å². The molecule has 2 nitrogen and oxygen atoms in total. The van der Waals surface area contributed by atoms with Crippen molar-refractivity contribution in [3.05, 3.63) is 65.2 Å². The van der Waals surface area contributed by atoms with Crippen LogP contribution >= 0.6 is 48.2 Å². The monoisotopic (exact) mass is 446 g/mol. The Morgan fingerprint density at radius 3 is 2.00 bits per heavy atom. The molecule has 27 heavy (non-hydrogen) atoms. The minimum atomic E-state index is 0. The van der Waals surface area contributed by atoms with E-state index in [1.165, 1.54) is 68.3 Å². The molecule has 0 aliphatic carbocycles. The van der Waals surface area contributed by atoms with E-state index in [-0.39, 0.29) is 24.8 Å². The van der Waals surface area contributed by atoms with Gasteiger partial charge in [-0.15, -0.1) is 36.6 Å². The van der Waals surface area contributed by atoms with Gasteiger partial charge >= 0.3 is 0 Å². The quantitative estimate of drug-likeness (QED) is 0.388. The Hall–Kier alpha value is -0.420. The Morgan fingerprint density at radius 1 is 0.778 bits per heavy atom. The number of piperazine rings is 1. The zero-order chi connectivity index (χ0) is 17.3. The number of nitrogens with zero attached hydrogens (tertiary/aromatic N) is 2. The van der Waals surface area contributed by atoms with Crippen LogP contribution < -0.4 is 0 Å². The lowest BCUT2D eigenvalue weighted by Gasteiger charge is -2.34. The molecule has 0 N–H and O–H groups in total. The summed E-state index contributed by atoms with van der Waals surface area (Å²) in [7, 11) is 0. The molecular formula is C21H29Cl3N2S. The molecule has 1 aliphatic rings. The van der Waals surface area contributed by atoms with Crippen molar-refractivity contribution in [1.82, 2.24) is 9.80 Å². The van der Waals surface area contributed by atoms with Crippen molar-refractivity contribution >= 4 is 48.2 Å². The van der Waals surface area contributed by atoms with E-state index in [1.807, 2.05) is 23.9 Å². The van der Waals surface area contributed by atoms with Gasteiger partial charge in [-0.1, -0.05) is 41.9 Å². The van der Waals surface area contributed by atoms with Crippen LogP contribution in [-0.4, -0.2) is 54.8 Å². The third-order valence-corrected chi connectivity index (χ3v) is 6.08. The highest BCUT2D eigenvalue weighted by atomic mass is 35.5. The van der Waals surface area contributed by atoms with Crippen LogP contribution in [0.1, 0.15) is 12.0 Å². The molecule has 2 aromatic carbocycles. The molecule has 150 valence electrons. The summed E-state index contributed by atoms with van der Waals surface area (Å²) >= 11 is 7.85. The standard InChI is InChI=1S/C21H27ClN2S.2ClH/c22-20-7-9-21(10-8-20)25-18-4-12-23-14-16-24(17-15-23)13-11-19-5-2-1-3-6-19;;/h1-3,5-10H,4,11-18H2;2*1H. The summed E-state index contributed by atoms with van der Waals surface area (Å²) in [5.41, 5.74) is 1.45. The fourth-order valence-electron chi connectivity index (χ4n) is 3.18. The average molecular weight is 448 g/mol. The maximum absolute atomic E-state index is 5.92. The van der Waals surface area contributed by atoms with Crippen molar-refractivity contribution in [1.29, 1.82) is 0 Å². The zero-order valence-corrected chi connectivity index (χ0v) is 18.8. The Balaban J connectivity index is 0.00000182. The molecule has 1 aliphatic heterocycles. The predicted molar refractivity (Wildman–Crippen MR) is 124 cm³/mol. The summed E-state index contributed by atoms with van der Waals surface area (Å²) in [6.07, 6.45) is 2.41. The van der Waals surface area contributed by atoms with Gasteiger partial charge in [0.05, 0.1) is 0 Å². The molecule has 0 spiro atoms. The Labute approximate surface area is 185 Å². The molecule has 1 fully saturated rings. The first-order valence-electron chi connectivity index (χ1n) is 9.16. The van der Waals surface area contributed by atoms with Gasteiger partial charge in [0.25, 0.3) is 0 Å². The SMILES string of the molecule is Cl.Cl.Clc1ccc(SCCCN2CCN(CCc3ccccc3)CC2)cc1. The second-order valence-electron chi connectivity index (χ2n) is 6.57. The third-order valence-electron chi connectivity index (χ3n) is 4.73. The first-order valence-corrected chi connectivity index (χ1v) is 10.5. The van der Waals surface area contributed by atoms with Crippen LogP contribution in [0.25, 0.3) is 0 Å². The van der Waals surface area contributed by atoms with Crippen molar-refractivity contribution in [2.75, 3.05) is 45.0 Å². The van der Waals surface area contributed by atoms with Crippen LogP contribution in [0.5, 0.6) is 0 Å². The van der Waals surface area contributed by atoms with Gasteiger partial charge in [0.15, 0.2) is 0 Å². The highest BCUT2D eigenvalue weighted by Crippen LogP contribution is 2.21. The molecular weight excluding hydrogens is 419 g/mol. The molecule has 0 unspecified atom stereocenters. The minimum Gasteiger partial charge on any atom is -0.301 e. The number of halogens is 3. The fourth-order valence-corrected chi connectivity index (χ4v) is 4.14. The molecule has 0 radical (unpaired) electrons. The molecule has 0 saturated carbocycles. The highest BCUT2D eigenvalue weighted by molar-refractivity contribution is 7.99. The largest absolute Gasteiger partial charge is 0.301 e.